The van der Waals surface area contributed by atoms with Crippen molar-refractivity contribution < 1.29 is 17.9 Å². The van der Waals surface area contributed by atoms with E-state index in [4.69, 9.17) is 16.3 Å². The minimum absolute atomic E-state index is 0.00522. The van der Waals surface area contributed by atoms with Gasteiger partial charge < -0.3 is 15.0 Å². The van der Waals surface area contributed by atoms with Crippen LogP contribution >= 0.6 is 11.6 Å². The number of nitrogens with one attached hydrogen (secondary N) is 2. The van der Waals surface area contributed by atoms with E-state index < -0.39 is 9.84 Å². The number of ether oxygens (including phenoxy) is 1. The summed E-state index contributed by atoms with van der Waals surface area (Å²) in [7, 11) is -1.44. The van der Waals surface area contributed by atoms with E-state index in [0.29, 0.717) is 11.4 Å². The first-order valence-electron chi connectivity index (χ1n) is 9.75. The molecule has 1 aliphatic rings. The Hall–Kier alpha value is -2.51. The summed E-state index contributed by atoms with van der Waals surface area (Å²) < 4.78 is 29.0. The quantitative estimate of drug-likeness (QED) is 0.604. The highest BCUT2D eigenvalue weighted by Crippen LogP contribution is 2.38. The summed E-state index contributed by atoms with van der Waals surface area (Å²) in [5.74, 6) is 0.431. The van der Waals surface area contributed by atoms with Crippen LogP contribution in [0.15, 0.2) is 48.7 Å². The second kappa shape index (κ2) is 8.32. The van der Waals surface area contributed by atoms with E-state index in [-0.39, 0.29) is 35.8 Å². The Balaban J connectivity index is 1.67. The van der Waals surface area contributed by atoms with Gasteiger partial charge in [-0.15, -0.1) is 0 Å². The minimum atomic E-state index is -3.06. The molecule has 1 fully saturated rings. The number of H-pyrrole nitrogens is 1. The van der Waals surface area contributed by atoms with Crippen molar-refractivity contribution in [2.45, 2.75) is 24.8 Å². The van der Waals surface area contributed by atoms with Crippen LogP contribution in [-0.4, -0.2) is 44.0 Å². The number of fused-ring (bicyclic) bond motifs is 1. The van der Waals surface area contributed by atoms with Crippen molar-refractivity contribution in [1.82, 2.24) is 10.3 Å². The molecule has 0 unspecified atom stereocenters. The molecule has 1 saturated heterocycles. The number of carbonyl (C=O) groups excluding carboxylic acids is 1. The van der Waals surface area contributed by atoms with Gasteiger partial charge in [-0.2, -0.15) is 0 Å². The van der Waals surface area contributed by atoms with E-state index in [2.05, 4.69) is 10.3 Å². The summed E-state index contributed by atoms with van der Waals surface area (Å²) in [6, 6.07) is 12.9. The number of hydrogen-bond donors (Lipinski definition) is 2. The first-order chi connectivity index (χ1) is 14.4. The van der Waals surface area contributed by atoms with Crippen molar-refractivity contribution in [3.63, 3.8) is 0 Å². The number of aromatic nitrogens is 1. The van der Waals surface area contributed by atoms with E-state index in [1.165, 1.54) is 0 Å². The van der Waals surface area contributed by atoms with Crippen molar-refractivity contribution in [3.05, 3.63) is 64.8 Å². The predicted octanol–water partition coefficient (Wildman–Crippen LogP) is 3.66. The van der Waals surface area contributed by atoms with Crippen LogP contribution in [0.2, 0.25) is 5.02 Å². The first-order valence-corrected chi connectivity index (χ1v) is 12.0. The van der Waals surface area contributed by atoms with Crippen LogP contribution in [0.1, 0.15) is 29.9 Å². The smallest absolute Gasteiger partial charge is 0.221 e. The Morgan fingerprint density at radius 2 is 2.03 bits per heavy atom. The van der Waals surface area contributed by atoms with Gasteiger partial charge in [0.2, 0.25) is 5.91 Å². The molecule has 0 bridgehead atoms. The van der Waals surface area contributed by atoms with Crippen LogP contribution in [0.4, 0.5) is 0 Å². The fraction of sp³-hybridized carbons (Fsp3) is 0.318. The molecule has 0 radical (unpaired) electrons. The lowest BCUT2D eigenvalue weighted by molar-refractivity contribution is -0.121. The SMILES string of the molecule is COc1cccc2[nH]cc([C@H](CC(=O)N[C@@H]3CCS(=O)(=O)C3)c3ccc(Cl)cc3)c12. The topological polar surface area (TPSA) is 88.3 Å². The highest BCUT2D eigenvalue weighted by molar-refractivity contribution is 7.91. The monoisotopic (exact) mass is 446 g/mol. The fourth-order valence-corrected chi connectivity index (χ4v) is 5.90. The van der Waals surface area contributed by atoms with Crippen LogP contribution in [0.5, 0.6) is 5.75 Å². The molecule has 4 rings (SSSR count). The normalized spacial score (nSPS) is 18.9. The average Bonchev–Trinajstić information content (AvgIpc) is 3.29. The van der Waals surface area contributed by atoms with Crippen molar-refractivity contribution in [3.8, 4) is 5.75 Å². The number of benzene rings is 2. The Labute approximate surface area is 180 Å². The molecular formula is C22H23ClN2O4S. The van der Waals surface area contributed by atoms with Gasteiger partial charge in [-0.1, -0.05) is 29.8 Å². The van der Waals surface area contributed by atoms with Crippen LogP contribution in [0, 0.1) is 0 Å². The minimum Gasteiger partial charge on any atom is -0.496 e. The molecule has 3 aromatic rings. The van der Waals surface area contributed by atoms with Gasteiger partial charge in [0.15, 0.2) is 9.84 Å². The van der Waals surface area contributed by atoms with E-state index in [9.17, 15) is 13.2 Å². The van der Waals surface area contributed by atoms with Gasteiger partial charge >= 0.3 is 0 Å². The molecule has 2 atom stereocenters. The lowest BCUT2D eigenvalue weighted by atomic mass is 9.87. The van der Waals surface area contributed by atoms with Crippen molar-refractivity contribution >= 4 is 38.2 Å². The summed E-state index contributed by atoms with van der Waals surface area (Å²) in [6.45, 7) is 0. The van der Waals surface area contributed by atoms with Gasteiger partial charge in [-0.3, -0.25) is 4.79 Å². The zero-order chi connectivity index (χ0) is 21.3. The number of sulfone groups is 1. The third kappa shape index (κ3) is 4.32. The van der Waals surface area contributed by atoms with Crippen LogP contribution in [-0.2, 0) is 14.6 Å². The van der Waals surface area contributed by atoms with Crippen molar-refractivity contribution in [2.24, 2.45) is 0 Å². The molecule has 0 aliphatic carbocycles. The molecule has 0 spiro atoms. The molecule has 2 heterocycles. The molecule has 0 saturated carbocycles. The highest BCUT2D eigenvalue weighted by atomic mass is 35.5. The molecule has 8 heteroatoms. The van der Waals surface area contributed by atoms with Gasteiger partial charge in [0.1, 0.15) is 5.75 Å². The maximum Gasteiger partial charge on any atom is 0.221 e. The third-order valence-corrected chi connectivity index (χ3v) is 7.57. The van der Waals surface area contributed by atoms with Crippen molar-refractivity contribution in [2.75, 3.05) is 18.6 Å². The summed E-state index contributed by atoms with van der Waals surface area (Å²) in [6.07, 6.45) is 2.55. The summed E-state index contributed by atoms with van der Waals surface area (Å²) in [4.78, 5) is 16.1. The second-order valence-corrected chi connectivity index (χ2v) is 10.3. The lowest BCUT2D eigenvalue weighted by Crippen LogP contribution is -2.36. The zero-order valence-corrected chi connectivity index (χ0v) is 18.1. The van der Waals surface area contributed by atoms with Gasteiger partial charge in [0, 0.05) is 40.5 Å². The number of aromatic amines is 1. The van der Waals surface area contributed by atoms with Crippen LogP contribution < -0.4 is 10.1 Å². The molecule has 2 aromatic carbocycles. The first kappa shape index (κ1) is 20.8. The van der Waals surface area contributed by atoms with E-state index in [1.807, 2.05) is 36.5 Å². The molecule has 1 amide bonds. The molecule has 1 aliphatic heterocycles. The Bertz CT molecular complexity index is 1170. The molecule has 2 N–H and O–H groups in total. The van der Waals surface area contributed by atoms with Crippen LogP contribution in [0.25, 0.3) is 10.9 Å². The maximum absolute atomic E-state index is 12.9. The van der Waals surface area contributed by atoms with Crippen molar-refractivity contribution in [1.29, 1.82) is 0 Å². The molecule has 30 heavy (non-hydrogen) atoms. The third-order valence-electron chi connectivity index (χ3n) is 5.55. The van der Waals surface area contributed by atoms with Gasteiger partial charge in [0.05, 0.1) is 18.6 Å². The number of amides is 1. The Morgan fingerprint density at radius 1 is 1.27 bits per heavy atom. The van der Waals surface area contributed by atoms with Gasteiger partial charge in [-0.25, -0.2) is 8.42 Å². The van der Waals surface area contributed by atoms with E-state index >= 15 is 0 Å². The second-order valence-electron chi connectivity index (χ2n) is 7.60. The number of hydrogen-bond acceptors (Lipinski definition) is 4. The summed E-state index contributed by atoms with van der Waals surface area (Å²) in [5.41, 5.74) is 2.81. The van der Waals surface area contributed by atoms with E-state index in [0.717, 1.165) is 27.8 Å². The maximum atomic E-state index is 12.9. The molecule has 1 aromatic heterocycles. The molecular weight excluding hydrogens is 424 g/mol. The average molecular weight is 447 g/mol. The van der Waals surface area contributed by atoms with Gasteiger partial charge in [0.25, 0.3) is 0 Å². The molecule has 6 nitrogen and oxygen atoms in total. The predicted molar refractivity (Wildman–Crippen MR) is 118 cm³/mol. The molecule has 158 valence electrons. The largest absolute Gasteiger partial charge is 0.496 e. The zero-order valence-electron chi connectivity index (χ0n) is 16.5. The number of rotatable bonds is 6. The van der Waals surface area contributed by atoms with Gasteiger partial charge in [-0.05, 0) is 41.8 Å². The lowest BCUT2D eigenvalue weighted by Gasteiger charge is -2.19. The highest BCUT2D eigenvalue weighted by Gasteiger charge is 2.30. The number of carbonyl (C=O) groups is 1. The number of halogens is 1. The summed E-state index contributed by atoms with van der Waals surface area (Å²) in [5, 5.41) is 4.45. The fourth-order valence-electron chi connectivity index (χ4n) is 4.11. The Kier molecular flexibility index (Phi) is 5.75. The standard InChI is InChI=1S/C22H23ClN2O4S/c1-29-20-4-2-3-19-22(20)18(12-24-19)17(14-5-7-15(23)8-6-14)11-21(26)25-16-9-10-30(27,28)13-16/h2-8,12,16-17,24H,9-11,13H2,1H3,(H,25,26)/t16-,17-/m1/s1. The Morgan fingerprint density at radius 3 is 2.70 bits per heavy atom. The summed E-state index contributed by atoms with van der Waals surface area (Å²) >= 11 is 6.07. The van der Waals surface area contributed by atoms with E-state index in [1.54, 1.807) is 19.2 Å². The number of methoxy groups -OCH3 is 1. The van der Waals surface area contributed by atoms with Crippen LogP contribution in [0.3, 0.4) is 0 Å².